The first kappa shape index (κ1) is 15.6. The van der Waals surface area contributed by atoms with Gasteiger partial charge in [0, 0.05) is 0 Å². The van der Waals surface area contributed by atoms with Gasteiger partial charge < -0.3 is 30.2 Å². The molecule has 4 atom stereocenters. The smallest absolute Gasteiger partial charge is 0.394 e. The van der Waals surface area contributed by atoms with Crippen LogP contribution in [0.2, 0.25) is 0 Å². The molecule has 0 heterocycles. The molecule has 0 saturated carbocycles. The summed E-state index contributed by atoms with van der Waals surface area (Å²) in [5.74, 6) is 0. The summed E-state index contributed by atoms with van der Waals surface area (Å²) >= 11 is 0. The molecule has 0 rings (SSSR count). The summed E-state index contributed by atoms with van der Waals surface area (Å²) in [7, 11) is -5.05. The maximum Gasteiger partial charge on any atom is 0.470 e. The summed E-state index contributed by atoms with van der Waals surface area (Å²) in [6, 6.07) is 0. The van der Waals surface area contributed by atoms with E-state index in [1.807, 2.05) is 0 Å². The number of phosphoric acid groups is 1. The molecule has 1 radical (unpaired) electrons. The van der Waals surface area contributed by atoms with E-state index in [0.29, 0.717) is 0 Å². The van der Waals surface area contributed by atoms with E-state index >= 15 is 0 Å². The van der Waals surface area contributed by atoms with Crippen LogP contribution in [0.25, 0.3) is 0 Å². The average Bonchev–Trinajstić information content (AvgIpc) is 2.21. The largest absolute Gasteiger partial charge is 0.470 e. The molecule has 6 N–H and O–H groups in total. The second-order valence-electron chi connectivity index (χ2n) is 2.87. The van der Waals surface area contributed by atoms with E-state index in [1.54, 1.807) is 0 Å². The molecule has 0 aromatic rings. The molecular formula is C6H12O9P. The lowest BCUT2D eigenvalue weighted by Crippen LogP contribution is -2.47. The Kier molecular flexibility index (Phi) is 6.23. The molecule has 0 amide bonds. The standard InChI is InChI=1S/C6H12O9P/c7-1-3(9)5(10)6(11)4(2-8)15-16(12,13)14/h3-7,9-11H,1H2,(H2,12,13,14)/t3-,4+,5-,6-/m1/s1. The fourth-order valence-electron chi connectivity index (χ4n) is 0.816. The van der Waals surface area contributed by atoms with Gasteiger partial charge in [-0.25, -0.2) is 4.57 Å². The second kappa shape index (κ2) is 6.38. The molecule has 95 valence electrons. The summed E-state index contributed by atoms with van der Waals surface area (Å²) in [6.07, 6.45) is -7.12. The highest BCUT2D eigenvalue weighted by molar-refractivity contribution is 7.46. The maximum atomic E-state index is 10.4. The van der Waals surface area contributed by atoms with Crippen molar-refractivity contribution in [1.29, 1.82) is 0 Å². The molecule has 0 spiro atoms. The normalized spacial score (nSPS) is 19.9. The van der Waals surface area contributed by atoms with E-state index in [-0.39, 0.29) is 0 Å². The van der Waals surface area contributed by atoms with E-state index in [4.69, 9.17) is 25.1 Å². The zero-order valence-electron chi connectivity index (χ0n) is 7.87. The predicted octanol–water partition coefficient (Wildman–Crippen LogP) is -3.35. The molecular weight excluding hydrogens is 247 g/mol. The summed E-state index contributed by atoms with van der Waals surface area (Å²) in [4.78, 5) is 26.9. The number of hydrogen-bond acceptors (Lipinski definition) is 7. The Labute approximate surface area is 90.2 Å². The van der Waals surface area contributed by atoms with E-state index in [9.17, 15) is 14.5 Å². The fourth-order valence-corrected chi connectivity index (χ4v) is 1.28. The quantitative estimate of drug-likeness (QED) is 0.256. The molecule has 9 nitrogen and oxygen atoms in total. The third-order valence-corrected chi connectivity index (χ3v) is 2.11. The summed E-state index contributed by atoms with van der Waals surface area (Å²) in [6.45, 7) is -0.917. The lowest BCUT2D eigenvalue weighted by molar-refractivity contribution is -0.0994. The Morgan fingerprint density at radius 1 is 1.19 bits per heavy atom. The third kappa shape index (κ3) is 5.10. The van der Waals surface area contributed by atoms with Crippen LogP contribution in [0.3, 0.4) is 0 Å². The lowest BCUT2D eigenvalue weighted by atomic mass is 10.0. The number of phosphoric ester groups is 1. The topological polar surface area (TPSA) is 165 Å². The Hall–Kier alpha value is -0.380. The van der Waals surface area contributed by atoms with Crippen molar-refractivity contribution in [2.24, 2.45) is 0 Å². The van der Waals surface area contributed by atoms with Crippen molar-refractivity contribution in [1.82, 2.24) is 0 Å². The molecule has 0 fully saturated rings. The van der Waals surface area contributed by atoms with Crippen molar-refractivity contribution in [3.8, 4) is 0 Å². The number of aliphatic hydroxyl groups excluding tert-OH is 4. The molecule has 0 saturated heterocycles. The average molecular weight is 259 g/mol. The zero-order valence-corrected chi connectivity index (χ0v) is 8.77. The van der Waals surface area contributed by atoms with Crippen LogP contribution in [-0.4, -0.2) is 67.5 Å². The molecule has 0 aromatic heterocycles. The molecule has 0 aromatic carbocycles. The molecule has 16 heavy (non-hydrogen) atoms. The van der Waals surface area contributed by atoms with Crippen LogP contribution in [0.4, 0.5) is 0 Å². The predicted molar refractivity (Wildman–Crippen MR) is 47.7 cm³/mol. The van der Waals surface area contributed by atoms with Crippen molar-refractivity contribution in [2.75, 3.05) is 6.61 Å². The Morgan fingerprint density at radius 3 is 2.00 bits per heavy atom. The van der Waals surface area contributed by atoms with E-state index < -0.39 is 38.8 Å². The second-order valence-corrected chi connectivity index (χ2v) is 4.06. The van der Waals surface area contributed by atoms with Gasteiger partial charge in [-0.05, 0) is 0 Å². The highest BCUT2D eigenvalue weighted by Gasteiger charge is 2.36. The van der Waals surface area contributed by atoms with Gasteiger partial charge in [-0.15, -0.1) is 0 Å². The first-order chi connectivity index (χ1) is 7.22. The molecule has 0 aliphatic rings. The van der Waals surface area contributed by atoms with Gasteiger partial charge in [0.25, 0.3) is 0 Å². The van der Waals surface area contributed by atoms with Gasteiger partial charge in [0.1, 0.15) is 18.3 Å². The fraction of sp³-hybridized carbons (Fsp3) is 0.833. The van der Waals surface area contributed by atoms with Gasteiger partial charge in [-0.3, -0.25) is 9.32 Å². The third-order valence-electron chi connectivity index (χ3n) is 1.61. The Balaban J connectivity index is 4.59. The Bertz CT molecular complexity index is 263. The summed E-state index contributed by atoms with van der Waals surface area (Å²) in [5.41, 5.74) is 0. The van der Waals surface area contributed by atoms with Crippen molar-refractivity contribution in [3.05, 3.63) is 0 Å². The first-order valence-electron chi connectivity index (χ1n) is 3.99. The molecule has 0 aliphatic carbocycles. The number of aliphatic hydroxyl groups is 4. The van der Waals surface area contributed by atoms with Crippen LogP contribution in [0, 0.1) is 0 Å². The summed E-state index contributed by atoms with van der Waals surface area (Å²) < 4.78 is 14.2. The van der Waals surface area contributed by atoms with Crippen molar-refractivity contribution < 1.29 is 44.1 Å². The molecule has 0 unspecified atom stereocenters. The number of hydrogen-bond donors (Lipinski definition) is 6. The van der Waals surface area contributed by atoms with Gasteiger partial charge in [-0.2, -0.15) is 0 Å². The minimum atomic E-state index is -5.05. The van der Waals surface area contributed by atoms with Gasteiger partial charge >= 0.3 is 7.82 Å². The SMILES string of the molecule is O=[C][C@H](OP(=O)(O)O)[C@@H](O)[C@H](O)[C@H](O)CO. The number of carbonyl (C=O) groups excluding carboxylic acids is 1. The molecule has 10 heteroatoms. The minimum Gasteiger partial charge on any atom is -0.394 e. The molecule has 0 bridgehead atoms. The van der Waals surface area contributed by atoms with Crippen molar-refractivity contribution in [3.63, 3.8) is 0 Å². The van der Waals surface area contributed by atoms with Crippen LogP contribution < -0.4 is 0 Å². The Morgan fingerprint density at radius 2 is 1.69 bits per heavy atom. The van der Waals surface area contributed by atoms with Gasteiger partial charge in [-0.1, -0.05) is 0 Å². The molecule has 0 aliphatic heterocycles. The van der Waals surface area contributed by atoms with E-state index in [1.165, 1.54) is 0 Å². The lowest BCUT2D eigenvalue weighted by Gasteiger charge is -2.25. The maximum absolute atomic E-state index is 10.4. The minimum absolute atomic E-state index is 0.917. The van der Waals surface area contributed by atoms with Crippen LogP contribution in [0.1, 0.15) is 0 Å². The van der Waals surface area contributed by atoms with Crippen molar-refractivity contribution >= 4 is 14.1 Å². The van der Waals surface area contributed by atoms with Crippen LogP contribution in [0.5, 0.6) is 0 Å². The van der Waals surface area contributed by atoms with Gasteiger partial charge in [0.05, 0.1) is 6.61 Å². The van der Waals surface area contributed by atoms with Crippen LogP contribution >= 0.6 is 7.82 Å². The zero-order chi connectivity index (χ0) is 12.9. The number of rotatable bonds is 7. The van der Waals surface area contributed by atoms with E-state index in [0.717, 1.165) is 6.29 Å². The van der Waals surface area contributed by atoms with Gasteiger partial charge in [0.2, 0.25) is 6.29 Å². The highest BCUT2D eigenvalue weighted by atomic mass is 31.2. The summed E-state index contributed by atoms with van der Waals surface area (Å²) in [5, 5.41) is 35.6. The van der Waals surface area contributed by atoms with Crippen LogP contribution in [-0.2, 0) is 13.9 Å². The van der Waals surface area contributed by atoms with Crippen molar-refractivity contribution in [2.45, 2.75) is 24.4 Å². The monoisotopic (exact) mass is 259 g/mol. The van der Waals surface area contributed by atoms with Gasteiger partial charge in [0.15, 0.2) is 6.10 Å². The van der Waals surface area contributed by atoms with Crippen LogP contribution in [0.15, 0.2) is 0 Å². The van der Waals surface area contributed by atoms with E-state index in [2.05, 4.69) is 4.52 Å². The highest BCUT2D eigenvalue weighted by Crippen LogP contribution is 2.38. The first-order valence-corrected chi connectivity index (χ1v) is 5.52.